The van der Waals surface area contributed by atoms with Gasteiger partial charge in [0.05, 0.1) is 24.5 Å². The number of sulfone groups is 1. The third-order valence-corrected chi connectivity index (χ3v) is 6.17. The van der Waals surface area contributed by atoms with Crippen molar-refractivity contribution in [1.29, 1.82) is 0 Å². The largest absolute Gasteiger partial charge is 0.469 e. The highest BCUT2D eigenvalue weighted by molar-refractivity contribution is 7.93. The van der Waals surface area contributed by atoms with E-state index in [9.17, 15) is 21.6 Å². The molecule has 7 nitrogen and oxygen atoms in total. The summed E-state index contributed by atoms with van der Waals surface area (Å²) in [6.45, 7) is 0.456. The van der Waals surface area contributed by atoms with Gasteiger partial charge in [0, 0.05) is 19.3 Å². The highest BCUT2D eigenvalue weighted by atomic mass is 32.2. The molecule has 0 N–H and O–H groups in total. The van der Waals surface area contributed by atoms with Gasteiger partial charge in [0.15, 0.2) is 0 Å². The van der Waals surface area contributed by atoms with Crippen LogP contribution in [0.3, 0.4) is 0 Å². The lowest BCUT2D eigenvalue weighted by Crippen LogP contribution is -2.42. The number of nitrogens with zero attached hydrogens (tertiary/aromatic N) is 1. The molecule has 0 aromatic rings. The average molecular weight is 313 g/mol. The molecule has 1 fully saturated rings. The SMILES string of the molecule is COC(=O)C1CCN(S(=O)(=O)CCS(C)(=O)=O)CC1. The molecule has 0 unspecified atom stereocenters. The van der Waals surface area contributed by atoms with Gasteiger partial charge in [-0.2, -0.15) is 0 Å². The van der Waals surface area contributed by atoms with E-state index in [1.165, 1.54) is 11.4 Å². The number of hydrogen-bond acceptors (Lipinski definition) is 6. The number of methoxy groups -OCH3 is 1. The number of rotatable bonds is 5. The Morgan fingerprint density at radius 2 is 1.68 bits per heavy atom. The van der Waals surface area contributed by atoms with E-state index in [0.29, 0.717) is 12.8 Å². The fourth-order valence-electron chi connectivity index (χ4n) is 1.92. The minimum absolute atomic E-state index is 0.228. The van der Waals surface area contributed by atoms with Crippen LogP contribution in [0.2, 0.25) is 0 Å². The molecule has 9 heteroatoms. The molecule has 1 aliphatic heterocycles. The van der Waals surface area contributed by atoms with Crippen LogP contribution in [0.15, 0.2) is 0 Å². The van der Waals surface area contributed by atoms with Crippen molar-refractivity contribution in [2.24, 2.45) is 5.92 Å². The highest BCUT2D eigenvalue weighted by Gasteiger charge is 2.31. The fraction of sp³-hybridized carbons (Fsp3) is 0.900. The van der Waals surface area contributed by atoms with Crippen molar-refractivity contribution in [2.75, 3.05) is 38.0 Å². The standard InChI is InChI=1S/C10H19NO6S2/c1-17-10(12)9-3-5-11(6-4-9)19(15,16)8-7-18(2,13)14/h9H,3-8H2,1-2H3. The van der Waals surface area contributed by atoms with Crippen molar-refractivity contribution in [1.82, 2.24) is 4.31 Å². The second-order valence-electron chi connectivity index (χ2n) is 4.64. The second-order valence-corrected chi connectivity index (χ2v) is 8.99. The van der Waals surface area contributed by atoms with Crippen LogP contribution in [0, 0.1) is 5.92 Å². The first-order valence-corrected chi connectivity index (χ1v) is 9.56. The van der Waals surface area contributed by atoms with Gasteiger partial charge in [-0.25, -0.2) is 21.1 Å². The van der Waals surface area contributed by atoms with E-state index in [0.717, 1.165) is 6.26 Å². The zero-order valence-corrected chi connectivity index (χ0v) is 12.7. The normalized spacial score (nSPS) is 19.3. The van der Waals surface area contributed by atoms with Crippen LogP contribution in [-0.2, 0) is 29.4 Å². The molecule has 0 aromatic heterocycles. The molecule has 19 heavy (non-hydrogen) atoms. The summed E-state index contributed by atoms with van der Waals surface area (Å²) >= 11 is 0. The summed E-state index contributed by atoms with van der Waals surface area (Å²) in [6.07, 6.45) is 1.82. The summed E-state index contributed by atoms with van der Waals surface area (Å²) in [4.78, 5) is 11.3. The van der Waals surface area contributed by atoms with Crippen molar-refractivity contribution in [3.8, 4) is 0 Å². The summed E-state index contributed by atoms with van der Waals surface area (Å²) < 4.78 is 51.7. The molecule has 0 saturated carbocycles. The van der Waals surface area contributed by atoms with Gasteiger partial charge in [-0.1, -0.05) is 0 Å². The van der Waals surface area contributed by atoms with Gasteiger partial charge in [0.2, 0.25) is 10.0 Å². The third-order valence-electron chi connectivity index (χ3n) is 3.09. The molecule has 112 valence electrons. The Morgan fingerprint density at radius 3 is 2.11 bits per heavy atom. The van der Waals surface area contributed by atoms with Crippen molar-refractivity contribution in [2.45, 2.75) is 12.8 Å². The van der Waals surface area contributed by atoms with Crippen molar-refractivity contribution >= 4 is 25.8 Å². The first-order valence-electron chi connectivity index (χ1n) is 5.89. The van der Waals surface area contributed by atoms with E-state index in [1.54, 1.807) is 0 Å². The molecule has 1 heterocycles. The molecular formula is C10H19NO6S2. The molecule has 0 bridgehead atoms. The number of ether oxygens (including phenoxy) is 1. The number of carbonyl (C=O) groups is 1. The lowest BCUT2D eigenvalue weighted by atomic mass is 9.99. The molecule has 0 atom stereocenters. The van der Waals surface area contributed by atoms with Gasteiger partial charge >= 0.3 is 5.97 Å². The van der Waals surface area contributed by atoms with Gasteiger partial charge in [-0.05, 0) is 12.8 Å². The van der Waals surface area contributed by atoms with Crippen LogP contribution in [0.5, 0.6) is 0 Å². The lowest BCUT2D eigenvalue weighted by Gasteiger charge is -2.29. The van der Waals surface area contributed by atoms with E-state index < -0.39 is 25.6 Å². The van der Waals surface area contributed by atoms with Crippen LogP contribution >= 0.6 is 0 Å². The van der Waals surface area contributed by atoms with Gasteiger partial charge < -0.3 is 4.74 Å². The van der Waals surface area contributed by atoms with Crippen molar-refractivity contribution in [3.63, 3.8) is 0 Å². The predicted molar refractivity (Wildman–Crippen MR) is 69.8 cm³/mol. The maximum absolute atomic E-state index is 11.9. The molecular weight excluding hydrogens is 294 g/mol. The van der Waals surface area contributed by atoms with E-state index in [4.69, 9.17) is 0 Å². The highest BCUT2D eigenvalue weighted by Crippen LogP contribution is 2.20. The quantitative estimate of drug-likeness (QED) is 0.619. The van der Waals surface area contributed by atoms with Crippen LogP contribution < -0.4 is 0 Å². The Morgan fingerprint density at radius 1 is 1.16 bits per heavy atom. The number of piperidine rings is 1. The van der Waals surface area contributed by atoms with E-state index in [-0.39, 0.29) is 30.7 Å². The Labute approximate surface area is 113 Å². The van der Waals surface area contributed by atoms with Crippen molar-refractivity contribution < 1.29 is 26.4 Å². The Bertz CT molecular complexity index is 516. The predicted octanol–water partition coefficient (Wildman–Crippen LogP) is -0.754. The first-order chi connectivity index (χ1) is 8.65. The molecule has 0 amide bonds. The molecule has 0 radical (unpaired) electrons. The maximum atomic E-state index is 11.9. The van der Waals surface area contributed by atoms with E-state index in [1.807, 2.05) is 0 Å². The average Bonchev–Trinajstić information content (AvgIpc) is 2.35. The molecule has 0 aliphatic carbocycles. The number of sulfonamides is 1. The summed E-state index contributed by atoms with van der Waals surface area (Å²) in [5, 5.41) is 0. The molecule has 1 saturated heterocycles. The van der Waals surface area contributed by atoms with Gasteiger partial charge in [-0.15, -0.1) is 0 Å². The number of hydrogen-bond donors (Lipinski definition) is 0. The van der Waals surface area contributed by atoms with Gasteiger partial charge in [-0.3, -0.25) is 4.79 Å². The Hall–Kier alpha value is -0.670. The van der Waals surface area contributed by atoms with Crippen LogP contribution in [-0.4, -0.2) is 65.1 Å². The van der Waals surface area contributed by atoms with Crippen LogP contribution in [0.1, 0.15) is 12.8 Å². The number of esters is 1. The number of carbonyl (C=O) groups excluding carboxylic acids is 1. The zero-order valence-electron chi connectivity index (χ0n) is 11.0. The summed E-state index contributed by atoms with van der Waals surface area (Å²) in [7, 11) is -5.57. The first kappa shape index (κ1) is 16.4. The van der Waals surface area contributed by atoms with Crippen LogP contribution in [0.25, 0.3) is 0 Å². The summed E-state index contributed by atoms with van der Waals surface area (Å²) in [6, 6.07) is 0. The van der Waals surface area contributed by atoms with Crippen LogP contribution in [0.4, 0.5) is 0 Å². The smallest absolute Gasteiger partial charge is 0.308 e. The minimum atomic E-state index is -3.57. The Kier molecular flexibility index (Phi) is 5.34. The van der Waals surface area contributed by atoms with E-state index >= 15 is 0 Å². The van der Waals surface area contributed by atoms with Gasteiger partial charge in [0.1, 0.15) is 9.84 Å². The van der Waals surface area contributed by atoms with E-state index in [2.05, 4.69) is 4.74 Å². The van der Waals surface area contributed by atoms with Gasteiger partial charge in [0.25, 0.3) is 0 Å². The molecule has 0 spiro atoms. The molecule has 1 rings (SSSR count). The topological polar surface area (TPSA) is 97.8 Å². The molecule has 1 aliphatic rings. The third kappa shape index (κ3) is 5.07. The summed E-state index contributed by atoms with van der Waals surface area (Å²) in [5.41, 5.74) is 0. The Balaban J connectivity index is 2.57. The van der Waals surface area contributed by atoms with Crippen molar-refractivity contribution in [3.05, 3.63) is 0 Å². The minimum Gasteiger partial charge on any atom is -0.469 e. The maximum Gasteiger partial charge on any atom is 0.308 e. The monoisotopic (exact) mass is 313 g/mol. The fourth-order valence-corrected chi connectivity index (χ4v) is 5.00. The second kappa shape index (κ2) is 6.19. The lowest BCUT2D eigenvalue weighted by molar-refractivity contribution is -0.146. The molecule has 0 aromatic carbocycles. The summed E-state index contributed by atoms with van der Waals surface area (Å²) in [5.74, 6) is -1.39. The zero-order chi connectivity index (χ0) is 14.7.